The highest BCUT2D eigenvalue weighted by atomic mass is 35.5. The molecule has 0 radical (unpaired) electrons. The van der Waals surface area contributed by atoms with Crippen LogP contribution in [-0.4, -0.2) is 57.5 Å². The highest BCUT2D eigenvalue weighted by Gasteiger charge is 2.28. The average Bonchev–Trinajstić information content (AvgIpc) is 2.80. The van der Waals surface area contributed by atoms with Gasteiger partial charge in [-0.3, -0.25) is 9.69 Å². The number of benzene rings is 2. The molecule has 1 heterocycles. The van der Waals surface area contributed by atoms with Crippen LogP contribution in [0.25, 0.3) is 0 Å². The van der Waals surface area contributed by atoms with Crippen molar-refractivity contribution < 1.29 is 24.6 Å². The zero-order valence-electron chi connectivity index (χ0n) is 18.1. The van der Waals surface area contributed by atoms with E-state index in [-0.39, 0.29) is 5.92 Å². The van der Waals surface area contributed by atoms with E-state index < -0.39 is 11.9 Å². The summed E-state index contributed by atoms with van der Waals surface area (Å²) < 4.78 is 0. The number of carbonyl (C=O) groups excluding carboxylic acids is 1. The first kappa shape index (κ1) is 25.4. The fourth-order valence-electron chi connectivity index (χ4n) is 3.61. The van der Waals surface area contributed by atoms with Crippen LogP contribution in [0.2, 0.25) is 5.02 Å². The maximum Gasteiger partial charge on any atom is 0.414 e. The van der Waals surface area contributed by atoms with E-state index in [0.29, 0.717) is 12.5 Å². The van der Waals surface area contributed by atoms with E-state index in [1.165, 1.54) is 11.1 Å². The summed E-state index contributed by atoms with van der Waals surface area (Å²) in [4.78, 5) is 35.5. The maximum atomic E-state index is 12.9. The number of carboxylic acids is 2. The number of aliphatic carboxylic acids is 2. The van der Waals surface area contributed by atoms with Crippen molar-refractivity contribution in [1.82, 2.24) is 9.80 Å². The Bertz CT molecular complexity index is 886. The molecule has 0 saturated carbocycles. The summed E-state index contributed by atoms with van der Waals surface area (Å²) in [5.41, 5.74) is 2.36. The van der Waals surface area contributed by atoms with Gasteiger partial charge in [-0.2, -0.15) is 0 Å². The van der Waals surface area contributed by atoms with Crippen LogP contribution in [0.15, 0.2) is 54.6 Å². The predicted octanol–water partition coefficient (Wildman–Crippen LogP) is 3.76. The minimum atomic E-state index is -1.82. The van der Waals surface area contributed by atoms with E-state index in [1.54, 1.807) is 0 Å². The van der Waals surface area contributed by atoms with Crippen LogP contribution >= 0.6 is 11.6 Å². The zero-order chi connectivity index (χ0) is 23.5. The van der Waals surface area contributed by atoms with Gasteiger partial charge < -0.3 is 15.1 Å². The molecule has 172 valence electrons. The van der Waals surface area contributed by atoms with Crippen LogP contribution in [0.4, 0.5) is 0 Å². The van der Waals surface area contributed by atoms with Gasteiger partial charge in [-0.05, 0) is 50.0 Å². The second-order valence-electron chi connectivity index (χ2n) is 7.59. The summed E-state index contributed by atoms with van der Waals surface area (Å²) in [7, 11) is 0. The van der Waals surface area contributed by atoms with Gasteiger partial charge in [0.1, 0.15) is 0 Å². The second kappa shape index (κ2) is 12.8. The summed E-state index contributed by atoms with van der Waals surface area (Å²) in [6, 6.07) is 18.2. The Hall–Kier alpha value is -2.90. The van der Waals surface area contributed by atoms with Crippen LogP contribution < -0.4 is 0 Å². The van der Waals surface area contributed by atoms with E-state index in [0.717, 1.165) is 44.0 Å². The summed E-state index contributed by atoms with van der Waals surface area (Å²) >= 11 is 6.27. The summed E-state index contributed by atoms with van der Waals surface area (Å²) in [5.74, 6) is -3.21. The van der Waals surface area contributed by atoms with E-state index >= 15 is 0 Å². The molecule has 0 aromatic heterocycles. The minimum absolute atomic E-state index is 0.140. The average molecular weight is 461 g/mol. The third kappa shape index (κ3) is 7.98. The molecular formula is C24H29ClN2O5. The first-order valence-corrected chi connectivity index (χ1v) is 10.9. The zero-order valence-corrected chi connectivity index (χ0v) is 18.9. The number of likely N-dealkylation sites (tertiary alicyclic amines) is 1. The van der Waals surface area contributed by atoms with Crippen LogP contribution in [0.3, 0.4) is 0 Å². The standard InChI is InChI=1S/C22H27ClN2O.C2H2O4/c1-2-25(16-18-8-4-3-5-9-18)22(26)19-12-14-24(15-13-19)17-20-10-6-7-11-21(20)23;3-1(4)2(5)6/h3-11,19H,2,12-17H2,1H3;(H,3,4)(H,5,6). The summed E-state index contributed by atoms with van der Waals surface area (Å²) in [5, 5.41) is 15.6. The van der Waals surface area contributed by atoms with Gasteiger partial charge in [0.25, 0.3) is 0 Å². The first-order valence-electron chi connectivity index (χ1n) is 10.6. The number of carboxylic acid groups (broad SMARTS) is 2. The molecule has 1 aliphatic heterocycles. The number of halogens is 1. The Morgan fingerprint density at radius 1 is 0.969 bits per heavy atom. The van der Waals surface area contributed by atoms with Gasteiger partial charge in [0, 0.05) is 30.6 Å². The molecule has 8 heteroatoms. The Balaban J connectivity index is 0.000000534. The van der Waals surface area contributed by atoms with Crippen LogP contribution in [0.5, 0.6) is 0 Å². The quantitative estimate of drug-likeness (QED) is 0.637. The van der Waals surface area contributed by atoms with Gasteiger partial charge in [0.15, 0.2) is 0 Å². The van der Waals surface area contributed by atoms with Crippen molar-refractivity contribution in [2.24, 2.45) is 5.92 Å². The molecule has 1 fully saturated rings. The Kier molecular flexibility index (Phi) is 10.2. The number of hydrogen-bond acceptors (Lipinski definition) is 4. The number of amides is 1. The van der Waals surface area contributed by atoms with E-state index in [2.05, 4.69) is 30.0 Å². The van der Waals surface area contributed by atoms with Crippen molar-refractivity contribution in [1.29, 1.82) is 0 Å². The number of nitrogens with zero attached hydrogens (tertiary/aromatic N) is 2. The van der Waals surface area contributed by atoms with Crippen LogP contribution in [0.1, 0.15) is 30.9 Å². The molecule has 0 spiro atoms. The third-order valence-corrected chi connectivity index (χ3v) is 5.75. The number of hydrogen-bond donors (Lipinski definition) is 2. The Morgan fingerprint density at radius 2 is 1.53 bits per heavy atom. The van der Waals surface area contributed by atoms with Crippen molar-refractivity contribution in [3.63, 3.8) is 0 Å². The fourth-order valence-corrected chi connectivity index (χ4v) is 3.81. The lowest BCUT2D eigenvalue weighted by atomic mass is 9.94. The van der Waals surface area contributed by atoms with Crippen molar-refractivity contribution in [2.75, 3.05) is 19.6 Å². The second-order valence-corrected chi connectivity index (χ2v) is 8.00. The molecule has 0 unspecified atom stereocenters. The highest BCUT2D eigenvalue weighted by molar-refractivity contribution is 6.31. The van der Waals surface area contributed by atoms with Gasteiger partial charge in [0.2, 0.25) is 5.91 Å². The third-order valence-electron chi connectivity index (χ3n) is 5.38. The topological polar surface area (TPSA) is 98.2 Å². The van der Waals surface area contributed by atoms with E-state index in [9.17, 15) is 4.79 Å². The molecule has 2 aromatic rings. The molecule has 2 aromatic carbocycles. The molecule has 1 aliphatic rings. The normalized spacial score (nSPS) is 14.2. The number of carbonyl (C=O) groups is 3. The molecular weight excluding hydrogens is 432 g/mol. The van der Waals surface area contributed by atoms with Gasteiger partial charge in [-0.15, -0.1) is 0 Å². The molecule has 0 aliphatic carbocycles. The fraction of sp³-hybridized carbons (Fsp3) is 0.375. The lowest BCUT2D eigenvalue weighted by Crippen LogP contribution is -2.42. The van der Waals surface area contributed by atoms with E-state index in [4.69, 9.17) is 31.4 Å². The molecule has 3 rings (SSSR count). The summed E-state index contributed by atoms with van der Waals surface area (Å²) in [6.45, 7) is 6.29. The largest absolute Gasteiger partial charge is 0.473 e. The van der Waals surface area contributed by atoms with Crippen molar-refractivity contribution >= 4 is 29.4 Å². The first-order chi connectivity index (χ1) is 15.3. The monoisotopic (exact) mass is 460 g/mol. The molecule has 0 bridgehead atoms. The number of piperidine rings is 1. The smallest absolute Gasteiger partial charge is 0.414 e. The summed E-state index contributed by atoms with van der Waals surface area (Å²) in [6.07, 6.45) is 1.85. The SMILES string of the molecule is CCN(Cc1ccccc1)C(=O)C1CCN(Cc2ccccc2Cl)CC1.O=C(O)C(=O)O. The molecule has 2 N–H and O–H groups in total. The molecule has 0 atom stereocenters. The van der Waals surface area contributed by atoms with Crippen LogP contribution in [0, 0.1) is 5.92 Å². The minimum Gasteiger partial charge on any atom is -0.473 e. The number of rotatable bonds is 6. The van der Waals surface area contributed by atoms with Crippen molar-refractivity contribution in [3.05, 3.63) is 70.7 Å². The highest BCUT2D eigenvalue weighted by Crippen LogP contribution is 2.24. The van der Waals surface area contributed by atoms with Gasteiger partial charge in [0.05, 0.1) is 0 Å². The van der Waals surface area contributed by atoms with Gasteiger partial charge in [-0.25, -0.2) is 9.59 Å². The van der Waals surface area contributed by atoms with Crippen LogP contribution in [-0.2, 0) is 27.5 Å². The Morgan fingerprint density at radius 3 is 2.06 bits per heavy atom. The van der Waals surface area contributed by atoms with E-state index in [1.807, 2.05) is 41.3 Å². The Labute approximate surface area is 193 Å². The molecule has 32 heavy (non-hydrogen) atoms. The van der Waals surface area contributed by atoms with Crippen molar-refractivity contribution in [3.8, 4) is 0 Å². The molecule has 7 nitrogen and oxygen atoms in total. The maximum absolute atomic E-state index is 12.9. The molecule has 1 saturated heterocycles. The van der Waals surface area contributed by atoms with Gasteiger partial charge >= 0.3 is 11.9 Å². The predicted molar refractivity (Wildman–Crippen MR) is 122 cm³/mol. The van der Waals surface area contributed by atoms with Crippen molar-refractivity contribution in [2.45, 2.75) is 32.9 Å². The lowest BCUT2D eigenvalue weighted by molar-refractivity contribution is -0.159. The van der Waals surface area contributed by atoms with Gasteiger partial charge in [-0.1, -0.05) is 60.1 Å². The molecule has 1 amide bonds. The lowest BCUT2D eigenvalue weighted by Gasteiger charge is -2.34.